The molecule has 3 heteroatoms. The Balaban J connectivity index is 1.71. The average molecular weight is 211 g/mol. The van der Waals surface area contributed by atoms with E-state index in [1.807, 2.05) is 0 Å². The van der Waals surface area contributed by atoms with Gasteiger partial charge in [0.15, 0.2) is 0 Å². The van der Waals surface area contributed by atoms with Gasteiger partial charge in [0.25, 0.3) is 0 Å². The number of likely N-dealkylation sites (N-methyl/N-ethyl adjacent to an activating group) is 1. The summed E-state index contributed by atoms with van der Waals surface area (Å²) in [5, 5.41) is 2.43. The molecule has 0 radical (unpaired) electrons. The van der Waals surface area contributed by atoms with E-state index in [1.54, 1.807) is 0 Å². The van der Waals surface area contributed by atoms with Gasteiger partial charge in [0.05, 0.1) is 0 Å². The van der Waals surface area contributed by atoms with Gasteiger partial charge in [-0.15, -0.1) is 0 Å². The van der Waals surface area contributed by atoms with Crippen LogP contribution in [0.15, 0.2) is 0 Å². The van der Waals surface area contributed by atoms with E-state index in [4.69, 9.17) is 0 Å². The molecule has 0 unspecified atom stereocenters. The first kappa shape index (κ1) is 11.4. The van der Waals surface area contributed by atoms with Crippen LogP contribution in [-0.4, -0.2) is 49.2 Å². The first-order chi connectivity index (χ1) is 7.24. The van der Waals surface area contributed by atoms with Crippen LogP contribution in [0.25, 0.3) is 0 Å². The maximum absolute atomic E-state index is 3.72. The van der Waals surface area contributed by atoms with Crippen LogP contribution in [0.5, 0.6) is 0 Å². The monoisotopic (exact) mass is 211 g/mol. The molecule has 0 bridgehead atoms. The molecule has 0 aromatic heterocycles. The first-order valence-corrected chi connectivity index (χ1v) is 6.43. The summed E-state index contributed by atoms with van der Waals surface area (Å²) < 4.78 is 0. The molecule has 1 N–H and O–H groups in total. The van der Waals surface area contributed by atoms with E-state index in [0.29, 0.717) is 0 Å². The zero-order chi connectivity index (χ0) is 10.7. The second-order valence-corrected chi connectivity index (χ2v) is 5.39. The van der Waals surface area contributed by atoms with Crippen molar-refractivity contribution in [2.45, 2.75) is 38.6 Å². The summed E-state index contributed by atoms with van der Waals surface area (Å²) in [5.41, 5.74) is 3.72. The highest BCUT2D eigenvalue weighted by Gasteiger charge is 2.22. The largest absolute Gasteiger partial charge is 0.304 e. The molecule has 1 aliphatic carbocycles. The van der Waals surface area contributed by atoms with E-state index in [2.05, 4.69) is 29.3 Å². The zero-order valence-corrected chi connectivity index (χ0v) is 10.2. The van der Waals surface area contributed by atoms with Crippen molar-refractivity contribution in [3.05, 3.63) is 0 Å². The fourth-order valence-electron chi connectivity index (χ4n) is 2.75. The molecule has 1 saturated carbocycles. The Hall–Kier alpha value is -0.120. The van der Waals surface area contributed by atoms with E-state index in [9.17, 15) is 0 Å². The molecule has 0 aromatic rings. The highest BCUT2D eigenvalue weighted by atomic mass is 15.5. The third-order valence-corrected chi connectivity index (χ3v) is 3.80. The third-order valence-electron chi connectivity index (χ3n) is 3.80. The second-order valence-electron chi connectivity index (χ2n) is 5.39. The molecule has 3 nitrogen and oxygen atoms in total. The molecule has 2 rings (SSSR count). The summed E-state index contributed by atoms with van der Waals surface area (Å²) in [4.78, 5) is 2.40. The van der Waals surface area contributed by atoms with Crippen LogP contribution < -0.4 is 5.43 Å². The first-order valence-electron chi connectivity index (χ1n) is 6.43. The predicted octanol–water partition coefficient (Wildman–Crippen LogP) is 1.32. The van der Waals surface area contributed by atoms with Gasteiger partial charge in [-0.1, -0.05) is 19.8 Å². The van der Waals surface area contributed by atoms with E-state index >= 15 is 0 Å². The van der Waals surface area contributed by atoms with Crippen LogP contribution in [-0.2, 0) is 0 Å². The molecule has 88 valence electrons. The Bertz CT molecular complexity index is 187. The fourth-order valence-corrected chi connectivity index (χ4v) is 2.75. The number of nitrogens with one attached hydrogen (secondary N) is 1. The second kappa shape index (κ2) is 5.28. The Morgan fingerprint density at radius 1 is 1.07 bits per heavy atom. The van der Waals surface area contributed by atoms with Crippen molar-refractivity contribution in [3.8, 4) is 0 Å². The van der Waals surface area contributed by atoms with Gasteiger partial charge >= 0.3 is 0 Å². The minimum absolute atomic E-state index is 0.747. The maximum atomic E-state index is 3.72. The highest BCUT2D eigenvalue weighted by molar-refractivity contribution is 4.76. The standard InChI is InChI=1S/C12H25N3/c1-11-4-3-5-12(10-11)13-15-8-6-14(2)7-9-15/h11-13H,3-10H2,1-2H3/t11-,12-/m1/s1. The van der Waals surface area contributed by atoms with E-state index in [1.165, 1.54) is 51.9 Å². The number of hydrogen-bond acceptors (Lipinski definition) is 3. The quantitative estimate of drug-likeness (QED) is 0.743. The number of nitrogens with zero attached hydrogens (tertiary/aromatic N) is 2. The van der Waals surface area contributed by atoms with Crippen LogP contribution in [0.2, 0.25) is 0 Å². The fraction of sp³-hybridized carbons (Fsp3) is 1.00. The maximum Gasteiger partial charge on any atom is 0.0259 e. The average Bonchev–Trinajstić information content (AvgIpc) is 2.22. The summed E-state index contributed by atoms with van der Waals surface area (Å²) in [5.74, 6) is 0.920. The smallest absolute Gasteiger partial charge is 0.0259 e. The van der Waals surface area contributed by atoms with Crippen molar-refractivity contribution in [1.29, 1.82) is 0 Å². The molecular weight excluding hydrogens is 186 g/mol. The van der Waals surface area contributed by atoms with E-state index in [0.717, 1.165) is 12.0 Å². The molecule has 1 heterocycles. The van der Waals surface area contributed by atoms with Crippen LogP contribution >= 0.6 is 0 Å². The SMILES string of the molecule is C[C@@H]1CCC[C@@H](NN2CCN(C)CC2)C1. The van der Waals surface area contributed by atoms with Gasteiger partial charge in [-0.2, -0.15) is 0 Å². The molecule has 2 atom stereocenters. The molecule has 15 heavy (non-hydrogen) atoms. The Kier molecular flexibility index (Phi) is 4.00. The summed E-state index contributed by atoms with van der Waals surface area (Å²) in [7, 11) is 2.21. The number of hydrogen-bond donors (Lipinski definition) is 1. The number of rotatable bonds is 2. The molecule has 2 aliphatic rings. The van der Waals surface area contributed by atoms with E-state index < -0.39 is 0 Å². The van der Waals surface area contributed by atoms with Gasteiger partial charge in [0.1, 0.15) is 0 Å². The lowest BCUT2D eigenvalue weighted by Crippen LogP contribution is -2.54. The predicted molar refractivity (Wildman–Crippen MR) is 63.6 cm³/mol. The molecule has 0 spiro atoms. The van der Waals surface area contributed by atoms with Crippen molar-refractivity contribution in [2.24, 2.45) is 5.92 Å². The number of piperazine rings is 1. The Morgan fingerprint density at radius 2 is 1.80 bits per heavy atom. The van der Waals surface area contributed by atoms with Crippen molar-refractivity contribution in [1.82, 2.24) is 15.3 Å². The van der Waals surface area contributed by atoms with Gasteiger partial charge in [-0.3, -0.25) is 5.43 Å². The normalized spacial score (nSPS) is 35.6. The number of hydrazine groups is 1. The van der Waals surface area contributed by atoms with Gasteiger partial charge < -0.3 is 4.90 Å². The van der Waals surface area contributed by atoms with Gasteiger partial charge in [0, 0.05) is 32.2 Å². The van der Waals surface area contributed by atoms with Gasteiger partial charge in [-0.05, 0) is 25.8 Å². The molecule has 0 amide bonds. The third kappa shape index (κ3) is 3.44. The summed E-state index contributed by atoms with van der Waals surface area (Å²) in [6, 6.07) is 0.747. The topological polar surface area (TPSA) is 18.5 Å². The van der Waals surface area contributed by atoms with Crippen molar-refractivity contribution < 1.29 is 0 Å². The highest BCUT2D eigenvalue weighted by Crippen LogP contribution is 2.23. The molecule has 0 aromatic carbocycles. The van der Waals surface area contributed by atoms with Crippen LogP contribution in [0.3, 0.4) is 0 Å². The summed E-state index contributed by atoms with van der Waals surface area (Å²) >= 11 is 0. The van der Waals surface area contributed by atoms with Crippen LogP contribution in [0.4, 0.5) is 0 Å². The molecular formula is C12H25N3. The van der Waals surface area contributed by atoms with Crippen LogP contribution in [0, 0.1) is 5.92 Å². The van der Waals surface area contributed by atoms with Gasteiger partial charge in [0.2, 0.25) is 0 Å². The molecule has 1 aliphatic heterocycles. The van der Waals surface area contributed by atoms with Crippen molar-refractivity contribution in [3.63, 3.8) is 0 Å². The zero-order valence-electron chi connectivity index (χ0n) is 10.2. The minimum atomic E-state index is 0.747. The van der Waals surface area contributed by atoms with Crippen LogP contribution in [0.1, 0.15) is 32.6 Å². The summed E-state index contributed by atoms with van der Waals surface area (Å²) in [6.07, 6.45) is 5.58. The van der Waals surface area contributed by atoms with Crippen molar-refractivity contribution in [2.75, 3.05) is 33.2 Å². The summed E-state index contributed by atoms with van der Waals surface area (Å²) in [6.45, 7) is 7.16. The lowest BCUT2D eigenvalue weighted by molar-refractivity contribution is 0.0728. The minimum Gasteiger partial charge on any atom is -0.304 e. The van der Waals surface area contributed by atoms with Gasteiger partial charge in [-0.25, -0.2) is 5.01 Å². The van der Waals surface area contributed by atoms with Crippen molar-refractivity contribution >= 4 is 0 Å². The molecule has 1 saturated heterocycles. The lowest BCUT2D eigenvalue weighted by atomic mass is 9.87. The molecule has 2 fully saturated rings. The Morgan fingerprint density at radius 3 is 2.47 bits per heavy atom. The Labute approximate surface area is 93.8 Å². The van der Waals surface area contributed by atoms with E-state index in [-0.39, 0.29) is 0 Å². The lowest BCUT2D eigenvalue weighted by Gasteiger charge is -2.37.